The van der Waals surface area contributed by atoms with E-state index in [9.17, 15) is 9.59 Å². The molecular formula is C36H58N4O7. The molecule has 0 saturated heterocycles. The van der Waals surface area contributed by atoms with Crippen molar-refractivity contribution in [1.82, 2.24) is 15.1 Å². The van der Waals surface area contributed by atoms with Gasteiger partial charge in [0, 0.05) is 19.6 Å². The minimum atomic E-state index is -0.937. The van der Waals surface area contributed by atoms with Gasteiger partial charge < -0.3 is 38.8 Å². The number of unbranched alkanes of at least 4 members (excludes halogenated alkanes) is 1. The molecule has 0 aliphatic carbocycles. The van der Waals surface area contributed by atoms with Crippen LogP contribution < -0.4 is 30.0 Å². The Bertz CT molecular complexity index is 1200. The summed E-state index contributed by atoms with van der Waals surface area (Å²) in [5.41, 5.74) is 8.26. The van der Waals surface area contributed by atoms with E-state index in [0.29, 0.717) is 13.0 Å². The van der Waals surface area contributed by atoms with E-state index >= 15 is 0 Å². The zero-order valence-electron chi connectivity index (χ0n) is 29.5. The first-order chi connectivity index (χ1) is 22.8. The molecule has 3 N–H and O–H groups in total. The van der Waals surface area contributed by atoms with Gasteiger partial charge in [0.1, 0.15) is 0 Å². The van der Waals surface area contributed by atoms with Crippen LogP contribution in [0.15, 0.2) is 36.4 Å². The second-order valence-electron chi connectivity index (χ2n) is 11.5. The van der Waals surface area contributed by atoms with E-state index in [2.05, 4.69) is 41.1 Å². The van der Waals surface area contributed by atoms with E-state index in [1.165, 1.54) is 0 Å². The average Bonchev–Trinajstić information content (AvgIpc) is 3.08. The zero-order valence-corrected chi connectivity index (χ0v) is 29.5. The number of nitrogens with zero attached hydrogens (tertiary/aromatic N) is 2. The largest absolute Gasteiger partial charge is 0.493 e. The monoisotopic (exact) mass is 658 g/mol. The number of nitrogens with one attached hydrogen (secondary N) is 1. The maximum Gasteiger partial charge on any atom is 0.398 e. The van der Waals surface area contributed by atoms with Crippen LogP contribution in [0.5, 0.6) is 23.0 Å². The van der Waals surface area contributed by atoms with E-state index in [4.69, 9.17) is 29.4 Å². The van der Waals surface area contributed by atoms with Crippen molar-refractivity contribution < 1.29 is 33.3 Å². The molecule has 2 aromatic carbocycles. The topological polar surface area (TPSA) is 125 Å². The summed E-state index contributed by atoms with van der Waals surface area (Å²) in [4.78, 5) is 29.4. The molecule has 1 amide bonds. The fourth-order valence-corrected chi connectivity index (χ4v) is 5.66. The van der Waals surface area contributed by atoms with Crippen molar-refractivity contribution in [3.63, 3.8) is 0 Å². The molecule has 0 fully saturated rings. The van der Waals surface area contributed by atoms with Crippen molar-refractivity contribution in [1.29, 1.82) is 0 Å². The number of carbonyl (C=O) groups excluding carboxylic acids is 2. The summed E-state index contributed by atoms with van der Waals surface area (Å²) in [5, 5.41) is 2.67. The highest BCUT2D eigenvalue weighted by atomic mass is 16.6. The minimum Gasteiger partial charge on any atom is -0.493 e. The molecule has 1 unspecified atom stereocenters. The first kappa shape index (κ1) is 39.6. The number of para-hydroxylation sites is 2. The van der Waals surface area contributed by atoms with Gasteiger partial charge in [0.2, 0.25) is 0 Å². The van der Waals surface area contributed by atoms with E-state index < -0.39 is 18.1 Å². The van der Waals surface area contributed by atoms with Gasteiger partial charge in [-0.25, -0.2) is 4.79 Å². The number of nitrogens with two attached hydrogens (primary N) is 1. The van der Waals surface area contributed by atoms with Crippen molar-refractivity contribution in [2.75, 3.05) is 74.3 Å². The number of hydrogen-bond acceptors (Lipinski definition) is 10. The van der Waals surface area contributed by atoms with Crippen LogP contribution in [0.25, 0.3) is 0 Å². The van der Waals surface area contributed by atoms with Gasteiger partial charge in [-0.3, -0.25) is 10.5 Å². The first-order valence-electron chi connectivity index (χ1n) is 16.9. The maximum atomic E-state index is 12.3. The van der Waals surface area contributed by atoms with Crippen LogP contribution in [0, 0.1) is 0 Å². The van der Waals surface area contributed by atoms with E-state index in [1.54, 1.807) is 28.4 Å². The summed E-state index contributed by atoms with van der Waals surface area (Å²) >= 11 is 0. The van der Waals surface area contributed by atoms with Crippen LogP contribution in [-0.4, -0.2) is 102 Å². The number of rotatable bonds is 24. The Morgan fingerprint density at radius 1 is 0.702 bits per heavy atom. The lowest BCUT2D eigenvalue weighted by Gasteiger charge is -2.23. The smallest absolute Gasteiger partial charge is 0.398 e. The third-order valence-corrected chi connectivity index (χ3v) is 8.04. The van der Waals surface area contributed by atoms with Crippen LogP contribution in [-0.2, 0) is 27.2 Å². The molecule has 1 atom stereocenters. The zero-order chi connectivity index (χ0) is 34.4. The van der Waals surface area contributed by atoms with Gasteiger partial charge in [0.05, 0.1) is 28.4 Å². The molecule has 264 valence electrons. The molecule has 47 heavy (non-hydrogen) atoms. The van der Waals surface area contributed by atoms with E-state index in [-0.39, 0.29) is 0 Å². The van der Waals surface area contributed by atoms with Crippen molar-refractivity contribution in [2.45, 2.75) is 71.4 Å². The van der Waals surface area contributed by atoms with Crippen molar-refractivity contribution in [3.8, 4) is 23.0 Å². The molecule has 0 aromatic heterocycles. The fraction of sp³-hybridized carbons (Fsp3) is 0.611. The lowest BCUT2D eigenvalue weighted by molar-refractivity contribution is -0.159. The Balaban J connectivity index is 1.68. The molecule has 0 aliphatic heterocycles. The fourth-order valence-electron chi connectivity index (χ4n) is 5.66. The van der Waals surface area contributed by atoms with Gasteiger partial charge in [-0.15, -0.1) is 0 Å². The minimum absolute atomic E-state index is 0.400. The van der Waals surface area contributed by atoms with Crippen LogP contribution in [0.1, 0.15) is 63.5 Å². The SMILES string of the molecule is CCCN(CCCCNC(=O)C(=O)OC(N)CCCN(CCC)CCc1cccc(OC)c1OC)CCc1cccc(OC)c1OC. The molecule has 0 aliphatic rings. The normalized spacial score (nSPS) is 11.8. The Labute approximate surface area is 282 Å². The number of carbonyl (C=O) groups is 2. The third-order valence-electron chi connectivity index (χ3n) is 8.04. The highest BCUT2D eigenvalue weighted by Crippen LogP contribution is 2.32. The quantitative estimate of drug-likeness (QED) is 0.0724. The number of amides is 1. The van der Waals surface area contributed by atoms with Gasteiger partial charge in [0.15, 0.2) is 29.2 Å². The van der Waals surface area contributed by atoms with Crippen LogP contribution in [0.3, 0.4) is 0 Å². The molecular weight excluding hydrogens is 600 g/mol. The summed E-state index contributed by atoms with van der Waals surface area (Å²) in [6, 6.07) is 11.9. The number of hydrogen-bond donors (Lipinski definition) is 2. The van der Waals surface area contributed by atoms with Gasteiger partial charge in [-0.1, -0.05) is 38.1 Å². The first-order valence-corrected chi connectivity index (χ1v) is 16.9. The highest BCUT2D eigenvalue weighted by molar-refractivity contribution is 6.32. The summed E-state index contributed by atoms with van der Waals surface area (Å²) in [7, 11) is 6.60. The molecule has 0 radical (unpaired) electrons. The Morgan fingerprint density at radius 2 is 1.21 bits per heavy atom. The van der Waals surface area contributed by atoms with Crippen LogP contribution >= 0.6 is 0 Å². The molecule has 0 spiro atoms. The lowest BCUT2D eigenvalue weighted by atomic mass is 10.1. The van der Waals surface area contributed by atoms with Crippen molar-refractivity contribution in [3.05, 3.63) is 47.5 Å². The Kier molecular flexibility index (Phi) is 19.3. The molecule has 0 heterocycles. The summed E-state index contributed by atoms with van der Waals surface area (Å²) in [6.07, 6.45) is 5.75. The molecule has 2 aromatic rings. The number of ether oxygens (including phenoxy) is 5. The maximum absolute atomic E-state index is 12.3. The Morgan fingerprint density at radius 3 is 1.68 bits per heavy atom. The van der Waals surface area contributed by atoms with Crippen molar-refractivity contribution in [2.24, 2.45) is 5.73 Å². The van der Waals surface area contributed by atoms with Gasteiger partial charge in [-0.05, 0) is 101 Å². The molecule has 2 rings (SSSR count). The second-order valence-corrected chi connectivity index (χ2v) is 11.5. The van der Waals surface area contributed by atoms with Crippen LogP contribution in [0.2, 0.25) is 0 Å². The third kappa shape index (κ3) is 14.0. The van der Waals surface area contributed by atoms with E-state index in [1.807, 2.05) is 24.3 Å². The van der Waals surface area contributed by atoms with Gasteiger partial charge in [0.25, 0.3) is 0 Å². The van der Waals surface area contributed by atoms with Crippen LogP contribution in [0.4, 0.5) is 0 Å². The summed E-state index contributed by atoms with van der Waals surface area (Å²) < 4.78 is 27.2. The average molecular weight is 659 g/mol. The highest BCUT2D eigenvalue weighted by Gasteiger charge is 2.19. The standard InChI is InChI=1S/C36H58N4O7/c1-7-22-39(26-19-28-14-11-16-30(43-3)33(28)45-5)24-10-9-21-38-35(41)36(42)47-32(37)18-13-25-40(23-8-2)27-20-29-15-12-17-31(44-4)34(29)46-6/h11-12,14-17,32H,7-10,13,18-27,37H2,1-6H3,(H,38,41). The molecule has 11 heteroatoms. The molecule has 0 bridgehead atoms. The second kappa shape index (κ2) is 22.9. The predicted octanol–water partition coefficient (Wildman–Crippen LogP) is 4.43. The molecule has 11 nitrogen and oxygen atoms in total. The predicted molar refractivity (Wildman–Crippen MR) is 186 cm³/mol. The number of benzene rings is 2. The number of methoxy groups -OCH3 is 4. The Hall–Kier alpha value is -3.54. The molecule has 0 saturated carbocycles. The van der Waals surface area contributed by atoms with Crippen molar-refractivity contribution >= 4 is 11.9 Å². The summed E-state index contributed by atoms with van der Waals surface area (Å²) in [6.45, 7) is 10.1. The van der Waals surface area contributed by atoms with Gasteiger partial charge >= 0.3 is 11.9 Å². The summed E-state index contributed by atoms with van der Waals surface area (Å²) in [5.74, 6) is 1.31. The lowest BCUT2D eigenvalue weighted by Crippen LogP contribution is -2.38. The van der Waals surface area contributed by atoms with Gasteiger partial charge in [-0.2, -0.15) is 0 Å². The number of esters is 1. The van der Waals surface area contributed by atoms with E-state index in [0.717, 1.165) is 118 Å².